The Balaban J connectivity index is 1.02. The fourth-order valence-corrected chi connectivity index (χ4v) is 12.4. The summed E-state index contributed by atoms with van der Waals surface area (Å²) in [4.78, 5) is 87.1. The Hall–Kier alpha value is -5.67. The lowest BCUT2D eigenvalue weighted by Crippen LogP contribution is -2.62. The van der Waals surface area contributed by atoms with Crippen molar-refractivity contribution in [3.8, 4) is 33.7 Å². The highest BCUT2D eigenvalue weighted by molar-refractivity contribution is 7.13. The zero-order chi connectivity index (χ0) is 51.8. The molecule has 4 aromatic rings. The van der Waals surface area contributed by atoms with E-state index in [1.807, 2.05) is 32.2 Å². The molecule has 3 aromatic heterocycles. The molecule has 1 saturated carbocycles. The maximum atomic E-state index is 15.0. The number of ether oxygens (including phenoxy) is 2. The van der Waals surface area contributed by atoms with Crippen LogP contribution in [0, 0.1) is 29.1 Å². The van der Waals surface area contributed by atoms with Crippen molar-refractivity contribution in [2.45, 2.75) is 142 Å². The Morgan fingerprint density at radius 3 is 2.56 bits per heavy atom. The Bertz CT molecular complexity index is 2800. The lowest BCUT2D eigenvalue weighted by atomic mass is 9.84. The molecule has 4 fully saturated rings. The predicted molar refractivity (Wildman–Crippen MR) is 281 cm³/mol. The van der Waals surface area contributed by atoms with Crippen LogP contribution in [0.25, 0.3) is 32.7 Å². The van der Waals surface area contributed by atoms with Gasteiger partial charge in [0, 0.05) is 98.9 Å². The summed E-state index contributed by atoms with van der Waals surface area (Å²) in [6.45, 7) is 16.1. The van der Waals surface area contributed by atoms with E-state index < -0.39 is 52.8 Å². The van der Waals surface area contributed by atoms with Gasteiger partial charge in [0.05, 0.1) is 41.2 Å². The highest BCUT2D eigenvalue weighted by Gasteiger charge is 2.43. The van der Waals surface area contributed by atoms with Crippen LogP contribution in [0.5, 0.6) is 0 Å². The van der Waals surface area contributed by atoms with E-state index in [1.54, 1.807) is 30.2 Å². The second kappa shape index (κ2) is 21.7. The molecule has 5 atom stereocenters. The highest BCUT2D eigenvalue weighted by Crippen LogP contribution is 2.42. The Morgan fingerprint density at radius 1 is 1.05 bits per heavy atom. The largest absolute Gasteiger partial charge is 0.464 e. The van der Waals surface area contributed by atoms with Gasteiger partial charge in [-0.1, -0.05) is 32.6 Å². The predicted octanol–water partition coefficient (Wildman–Crippen LogP) is 6.56. The summed E-state index contributed by atoms with van der Waals surface area (Å²) >= 11 is 1.48. The number of nitrogens with zero attached hydrogens (tertiary/aromatic N) is 7. The molecule has 5 aliphatic rings. The van der Waals surface area contributed by atoms with Crippen LogP contribution < -0.4 is 10.7 Å². The van der Waals surface area contributed by atoms with E-state index >= 15 is 0 Å². The number of pyridine rings is 1. The van der Waals surface area contributed by atoms with Crippen LogP contribution >= 0.6 is 11.3 Å². The van der Waals surface area contributed by atoms with E-state index in [1.165, 1.54) is 16.3 Å². The first-order chi connectivity index (χ1) is 35.0. The number of fused-ring (bicyclic) bond motifs is 6. The molecule has 16 nitrogen and oxygen atoms in total. The Kier molecular flexibility index (Phi) is 15.5. The number of hydrogen-bond acceptors (Lipinski definition) is 12. The van der Waals surface area contributed by atoms with Crippen LogP contribution in [0.4, 0.5) is 0 Å². The SMILES string of the molecule is CCn1c(-c2cccnc2[C@H](C)OC)c2c3cc(ccc31)-c1nc(cs1)C[C@H](NC(=O)C(C1CCCC1)N(C)C(=O)[C@H]1CCN(C(=O)C#CC(C)(C)N3CCC3)C1)C(=O)N1CCC[C@H](N1)C(=O)OCC(C)(C)C2. The third kappa shape index (κ3) is 10.9. The number of nitrogens with one attached hydrogen (secondary N) is 2. The fraction of sp³-hybridized carbons (Fsp3) is 0.589. The van der Waals surface area contributed by atoms with Crippen LogP contribution in [0.15, 0.2) is 41.9 Å². The van der Waals surface area contributed by atoms with E-state index in [2.05, 4.69) is 77.1 Å². The van der Waals surface area contributed by atoms with Crippen LogP contribution in [-0.2, 0) is 52.8 Å². The lowest BCUT2D eigenvalue weighted by Gasteiger charge is -2.41. The first-order valence-corrected chi connectivity index (χ1v) is 27.3. The van der Waals surface area contributed by atoms with Gasteiger partial charge in [0.1, 0.15) is 23.1 Å². The molecule has 1 aromatic carbocycles. The van der Waals surface area contributed by atoms with Gasteiger partial charge in [-0.25, -0.2) is 10.4 Å². The minimum absolute atomic E-state index is 0.0816. The molecule has 7 heterocycles. The summed E-state index contributed by atoms with van der Waals surface area (Å²) < 4.78 is 14.3. The number of hydrogen-bond donors (Lipinski definition) is 2. The number of amides is 4. The molecule has 17 heteroatoms. The van der Waals surface area contributed by atoms with Crippen molar-refractivity contribution < 1.29 is 33.4 Å². The molecule has 1 unspecified atom stereocenters. The summed E-state index contributed by atoms with van der Waals surface area (Å²) in [6.07, 6.45) is 8.20. The van der Waals surface area contributed by atoms with Gasteiger partial charge >= 0.3 is 5.97 Å². The standard InChI is InChI=1S/C56H73N9O7S/c1-9-64-45-20-19-37-29-41(45)42(49(64)40-17-12-24-57-47(40)35(2)71-8)31-55(3,4)34-72-54(70)43-18-13-27-65(60-43)53(69)44(30-39-33-73-51(37)58-39)59-50(67)48(36-15-10-11-16-36)61(7)52(68)38-22-28-62(32-38)46(66)21-23-56(5,6)63-25-14-26-63/h12,17,19-20,24,29,33,35-36,38,43-44,48,60H,9-11,13-16,18,22,25-28,30-32,34H2,1-8H3,(H,59,67)/t35-,38-,43-,44-,48?/m0/s1. The molecule has 0 radical (unpaired) electrons. The number of cyclic esters (lactones) is 1. The van der Waals surface area contributed by atoms with Crippen LogP contribution in [0.2, 0.25) is 0 Å². The number of benzene rings is 1. The molecule has 390 valence electrons. The number of methoxy groups -OCH3 is 1. The Labute approximate surface area is 433 Å². The van der Waals surface area contributed by atoms with Crippen molar-refractivity contribution in [3.05, 3.63) is 58.9 Å². The second-order valence-corrected chi connectivity index (χ2v) is 23.0. The first-order valence-electron chi connectivity index (χ1n) is 26.4. The van der Waals surface area contributed by atoms with Crippen molar-refractivity contribution >= 4 is 51.8 Å². The third-order valence-electron chi connectivity index (χ3n) is 16.0. The molecule has 4 aliphatic heterocycles. The molecule has 4 amide bonds. The molecule has 2 N–H and O–H groups in total. The summed E-state index contributed by atoms with van der Waals surface area (Å²) in [7, 11) is 3.37. The highest BCUT2D eigenvalue weighted by atomic mass is 32.1. The first kappa shape index (κ1) is 52.2. The average Bonchev–Trinajstić information content (AvgIpc) is 4.21. The van der Waals surface area contributed by atoms with Gasteiger partial charge in [-0.15, -0.1) is 11.3 Å². The van der Waals surface area contributed by atoms with E-state index in [4.69, 9.17) is 19.4 Å². The topological polar surface area (TPSA) is 172 Å². The van der Waals surface area contributed by atoms with Gasteiger partial charge < -0.3 is 29.2 Å². The zero-order valence-electron chi connectivity index (χ0n) is 43.9. The summed E-state index contributed by atoms with van der Waals surface area (Å²) in [5.41, 5.74) is 8.83. The smallest absolute Gasteiger partial charge is 0.324 e. The number of esters is 1. The van der Waals surface area contributed by atoms with Gasteiger partial charge in [0.2, 0.25) is 11.8 Å². The number of carbonyl (C=O) groups excluding carboxylic acids is 5. The van der Waals surface area contributed by atoms with Crippen molar-refractivity contribution in [1.29, 1.82) is 0 Å². The molecular formula is C56H73N9O7S. The number of rotatable bonds is 10. The van der Waals surface area contributed by atoms with Gasteiger partial charge in [-0.05, 0) is 120 Å². The molecule has 6 bridgehead atoms. The van der Waals surface area contributed by atoms with Gasteiger partial charge in [0.15, 0.2) is 0 Å². The van der Waals surface area contributed by atoms with Crippen molar-refractivity contribution in [2.24, 2.45) is 17.3 Å². The molecule has 1 aliphatic carbocycles. The van der Waals surface area contributed by atoms with Crippen LogP contribution in [0.1, 0.15) is 116 Å². The van der Waals surface area contributed by atoms with Crippen molar-refractivity contribution in [2.75, 3.05) is 53.5 Å². The van der Waals surface area contributed by atoms with Gasteiger partial charge in [0.25, 0.3) is 11.8 Å². The normalized spacial score (nSPS) is 22.7. The number of hydrazine groups is 1. The number of thiazole rings is 1. The minimum atomic E-state index is -1.08. The summed E-state index contributed by atoms with van der Waals surface area (Å²) in [6, 6.07) is 7.77. The maximum absolute atomic E-state index is 15.0. The number of carbonyl (C=O) groups is 5. The molecule has 9 rings (SSSR count). The summed E-state index contributed by atoms with van der Waals surface area (Å²) in [5, 5.41) is 8.36. The lowest BCUT2D eigenvalue weighted by molar-refractivity contribution is -0.155. The van der Waals surface area contributed by atoms with Gasteiger partial charge in [-0.2, -0.15) is 0 Å². The van der Waals surface area contributed by atoms with Crippen LogP contribution in [-0.4, -0.2) is 141 Å². The number of aromatic nitrogens is 3. The quantitative estimate of drug-likeness (QED) is 0.130. The molecule has 3 saturated heterocycles. The number of aryl methyl sites for hydroxylation is 1. The molecule has 73 heavy (non-hydrogen) atoms. The third-order valence-corrected chi connectivity index (χ3v) is 16.9. The summed E-state index contributed by atoms with van der Waals surface area (Å²) in [5.74, 6) is 3.65. The second-order valence-electron chi connectivity index (χ2n) is 22.1. The van der Waals surface area contributed by atoms with Gasteiger partial charge in [-0.3, -0.25) is 38.9 Å². The van der Waals surface area contributed by atoms with E-state index in [0.29, 0.717) is 51.0 Å². The Morgan fingerprint density at radius 2 is 1.84 bits per heavy atom. The van der Waals surface area contributed by atoms with E-state index in [-0.39, 0.29) is 43.4 Å². The number of likely N-dealkylation sites (N-methyl/N-ethyl adjacent to an activating group) is 1. The molecular weight excluding hydrogens is 943 g/mol. The van der Waals surface area contributed by atoms with Crippen molar-refractivity contribution in [1.82, 2.24) is 45.0 Å². The monoisotopic (exact) mass is 1020 g/mol. The number of likely N-dealkylation sites (tertiary alicyclic amines) is 2. The van der Waals surface area contributed by atoms with Crippen LogP contribution in [0.3, 0.4) is 0 Å². The molecule has 0 spiro atoms. The maximum Gasteiger partial charge on any atom is 0.324 e. The average molecular weight is 1020 g/mol. The fourth-order valence-electron chi connectivity index (χ4n) is 11.6. The van der Waals surface area contributed by atoms with E-state index in [0.717, 1.165) is 89.2 Å². The minimum Gasteiger partial charge on any atom is -0.464 e. The van der Waals surface area contributed by atoms with E-state index in [9.17, 15) is 24.0 Å². The zero-order valence-corrected chi connectivity index (χ0v) is 44.7. The van der Waals surface area contributed by atoms with Crippen molar-refractivity contribution in [3.63, 3.8) is 0 Å².